The van der Waals surface area contributed by atoms with Crippen LogP contribution in [0, 0.1) is 0 Å². The largest absolute Gasteiger partial charge is 0.496 e. The highest BCUT2D eigenvalue weighted by Crippen LogP contribution is 2.36. The van der Waals surface area contributed by atoms with Gasteiger partial charge in [0.25, 0.3) is 0 Å². The number of rotatable bonds is 3. The first kappa shape index (κ1) is 13.0. The van der Waals surface area contributed by atoms with E-state index in [1.807, 2.05) is 43.3 Å². The van der Waals surface area contributed by atoms with Gasteiger partial charge in [0.1, 0.15) is 11.5 Å². The Bertz CT molecular complexity index is 635. The van der Waals surface area contributed by atoms with Gasteiger partial charge in [0.05, 0.1) is 19.3 Å². The van der Waals surface area contributed by atoms with E-state index < -0.39 is 5.54 Å². The molecule has 0 aromatic heterocycles. The number of benzene rings is 2. The van der Waals surface area contributed by atoms with Crippen molar-refractivity contribution in [1.29, 1.82) is 0 Å². The molecule has 0 aliphatic carbocycles. The maximum atomic E-state index is 6.61. The van der Waals surface area contributed by atoms with E-state index >= 15 is 0 Å². The molecule has 0 amide bonds. The van der Waals surface area contributed by atoms with E-state index in [4.69, 9.17) is 15.2 Å². The molecule has 1 aliphatic rings. The second-order valence-electron chi connectivity index (χ2n) is 5.32. The van der Waals surface area contributed by atoms with E-state index in [0.29, 0.717) is 0 Å². The van der Waals surface area contributed by atoms with Crippen molar-refractivity contribution in [2.45, 2.75) is 18.9 Å². The fourth-order valence-electron chi connectivity index (χ4n) is 2.74. The van der Waals surface area contributed by atoms with Crippen molar-refractivity contribution in [2.24, 2.45) is 5.73 Å². The van der Waals surface area contributed by atoms with Gasteiger partial charge in [0, 0.05) is 12.0 Å². The van der Waals surface area contributed by atoms with Crippen LogP contribution in [0.2, 0.25) is 0 Å². The molecule has 2 aromatic carbocycles. The summed E-state index contributed by atoms with van der Waals surface area (Å²) in [6, 6.07) is 14.1. The third-order valence-electron chi connectivity index (χ3n) is 3.96. The summed E-state index contributed by atoms with van der Waals surface area (Å²) < 4.78 is 11.0. The molecule has 20 heavy (non-hydrogen) atoms. The first-order valence-electron chi connectivity index (χ1n) is 6.81. The topological polar surface area (TPSA) is 44.5 Å². The Morgan fingerprint density at radius 3 is 2.80 bits per heavy atom. The molecule has 0 bridgehead atoms. The van der Waals surface area contributed by atoms with Gasteiger partial charge in [-0.1, -0.05) is 24.3 Å². The van der Waals surface area contributed by atoms with Crippen LogP contribution >= 0.6 is 0 Å². The number of para-hydroxylation sites is 1. The van der Waals surface area contributed by atoms with Crippen molar-refractivity contribution in [2.75, 3.05) is 13.7 Å². The molecule has 3 heteroatoms. The van der Waals surface area contributed by atoms with Gasteiger partial charge in [0.15, 0.2) is 0 Å². The molecule has 2 N–H and O–H groups in total. The minimum atomic E-state index is -0.593. The van der Waals surface area contributed by atoms with E-state index in [0.717, 1.165) is 35.7 Å². The van der Waals surface area contributed by atoms with Gasteiger partial charge in [-0.3, -0.25) is 0 Å². The summed E-state index contributed by atoms with van der Waals surface area (Å²) in [7, 11) is 1.67. The van der Waals surface area contributed by atoms with Crippen LogP contribution in [-0.2, 0) is 12.0 Å². The molecule has 1 unspecified atom stereocenters. The molecule has 3 rings (SSSR count). The summed E-state index contributed by atoms with van der Waals surface area (Å²) in [5, 5.41) is 0. The number of hydrogen-bond acceptors (Lipinski definition) is 3. The molecule has 0 spiro atoms. The summed E-state index contributed by atoms with van der Waals surface area (Å²) in [5.74, 6) is 1.79. The van der Waals surface area contributed by atoms with E-state index in [1.165, 1.54) is 5.56 Å². The maximum Gasteiger partial charge on any atom is 0.124 e. The standard InChI is InChI=1S/C17H19NO2/c1-17(18,14-5-3-4-6-16(14)19-2)13-7-8-15-12(11-13)9-10-20-15/h3-8,11H,9-10,18H2,1-2H3. The number of hydrogen-bond donors (Lipinski definition) is 1. The van der Waals surface area contributed by atoms with E-state index in [-0.39, 0.29) is 0 Å². The average Bonchev–Trinajstić information content (AvgIpc) is 2.94. The average molecular weight is 269 g/mol. The summed E-state index contributed by atoms with van der Waals surface area (Å²) in [4.78, 5) is 0. The van der Waals surface area contributed by atoms with E-state index in [9.17, 15) is 0 Å². The molecular weight excluding hydrogens is 250 g/mol. The molecule has 0 fully saturated rings. The molecule has 104 valence electrons. The Kier molecular flexibility index (Phi) is 3.14. The highest BCUT2D eigenvalue weighted by molar-refractivity contribution is 5.49. The van der Waals surface area contributed by atoms with E-state index in [2.05, 4.69) is 6.07 Å². The predicted molar refractivity (Wildman–Crippen MR) is 79.3 cm³/mol. The minimum absolute atomic E-state index is 0.593. The number of nitrogens with two attached hydrogens (primary N) is 1. The van der Waals surface area contributed by atoms with E-state index in [1.54, 1.807) is 7.11 Å². The Morgan fingerprint density at radius 2 is 2.00 bits per heavy atom. The molecular formula is C17H19NO2. The van der Waals surface area contributed by atoms with Crippen LogP contribution in [0.25, 0.3) is 0 Å². The fraction of sp³-hybridized carbons (Fsp3) is 0.294. The predicted octanol–water partition coefficient (Wildman–Crippen LogP) is 2.85. The van der Waals surface area contributed by atoms with Gasteiger partial charge in [-0.2, -0.15) is 0 Å². The van der Waals surface area contributed by atoms with Crippen molar-refractivity contribution in [1.82, 2.24) is 0 Å². The zero-order valence-corrected chi connectivity index (χ0v) is 11.8. The first-order valence-corrected chi connectivity index (χ1v) is 6.81. The van der Waals surface area contributed by atoms with Gasteiger partial charge in [-0.25, -0.2) is 0 Å². The smallest absolute Gasteiger partial charge is 0.124 e. The molecule has 1 atom stereocenters. The molecule has 1 heterocycles. The van der Waals surface area contributed by atoms with Gasteiger partial charge in [0.2, 0.25) is 0 Å². The summed E-state index contributed by atoms with van der Waals surface area (Å²) in [5.41, 5.74) is 9.31. The zero-order valence-electron chi connectivity index (χ0n) is 11.8. The van der Waals surface area contributed by atoms with Crippen molar-refractivity contribution < 1.29 is 9.47 Å². The van der Waals surface area contributed by atoms with Crippen molar-refractivity contribution >= 4 is 0 Å². The van der Waals surface area contributed by atoms with Crippen molar-refractivity contribution in [3.63, 3.8) is 0 Å². The lowest BCUT2D eigenvalue weighted by Crippen LogP contribution is -2.34. The van der Waals surface area contributed by atoms with Crippen LogP contribution < -0.4 is 15.2 Å². The number of ether oxygens (including phenoxy) is 2. The second-order valence-corrected chi connectivity index (χ2v) is 5.32. The summed E-state index contributed by atoms with van der Waals surface area (Å²) >= 11 is 0. The Balaban J connectivity index is 2.07. The van der Waals surface area contributed by atoms with Gasteiger partial charge >= 0.3 is 0 Å². The monoisotopic (exact) mass is 269 g/mol. The Labute approximate surface area is 119 Å². The van der Waals surface area contributed by atoms with Crippen molar-refractivity contribution in [3.05, 3.63) is 59.2 Å². The fourth-order valence-corrected chi connectivity index (χ4v) is 2.74. The Morgan fingerprint density at radius 1 is 1.20 bits per heavy atom. The zero-order chi connectivity index (χ0) is 14.2. The number of methoxy groups -OCH3 is 1. The highest BCUT2D eigenvalue weighted by Gasteiger charge is 2.28. The van der Waals surface area contributed by atoms with Crippen molar-refractivity contribution in [3.8, 4) is 11.5 Å². The van der Waals surface area contributed by atoms with Crippen LogP contribution in [0.15, 0.2) is 42.5 Å². The third kappa shape index (κ3) is 2.04. The van der Waals surface area contributed by atoms with Gasteiger partial charge in [-0.15, -0.1) is 0 Å². The summed E-state index contributed by atoms with van der Waals surface area (Å²) in [6.45, 7) is 2.77. The molecule has 3 nitrogen and oxygen atoms in total. The van der Waals surface area contributed by atoms with Crippen LogP contribution in [0.5, 0.6) is 11.5 Å². The molecule has 2 aromatic rings. The molecule has 0 saturated carbocycles. The normalized spacial score (nSPS) is 16.1. The lowest BCUT2D eigenvalue weighted by molar-refractivity contribution is 0.356. The SMILES string of the molecule is COc1ccccc1C(C)(N)c1ccc2c(c1)CCO2. The third-order valence-corrected chi connectivity index (χ3v) is 3.96. The highest BCUT2D eigenvalue weighted by atomic mass is 16.5. The molecule has 0 saturated heterocycles. The quantitative estimate of drug-likeness (QED) is 0.932. The summed E-state index contributed by atoms with van der Waals surface area (Å²) in [6.07, 6.45) is 0.950. The lowest BCUT2D eigenvalue weighted by atomic mass is 9.84. The van der Waals surface area contributed by atoms with Gasteiger partial charge < -0.3 is 15.2 Å². The number of fused-ring (bicyclic) bond motifs is 1. The van der Waals surface area contributed by atoms with Crippen LogP contribution in [0.3, 0.4) is 0 Å². The maximum absolute atomic E-state index is 6.61. The lowest BCUT2D eigenvalue weighted by Gasteiger charge is -2.28. The minimum Gasteiger partial charge on any atom is -0.496 e. The van der Waals surface area contributed by atoms with Gasteiger partial charge in [-0.05, 0) is 36.2 Å². The Hall–Kier alpha value is -2.00. The molecule has 0 radical (unpaired) electrons. The molecule has 1 aliphatic heterocycles. The first-order chi connectivity index (χ1) is 9.63. The second kappa shape index (κ2) is 4.84. The van der Waals surface area contributed by atoms with Crippen LogP contribution in [0.4, 0.5) is 0 Å². The van der Waals surface area contributed by atoms with Crippen LogP contribution in [-0.4, -0.2) is 13.7 Å². The van der Waals surface area contributed by atoms with Crippen LogP contribution in [0.1, 0.15) is 23.6 Å².